The first kappa shape index (κ1) is 15.6. The molecule has 0 saturated carbocycles. The summed E-state index contributed by atoms with van der Waals surface area (Å²) < 4.78 is 2.42. The zero-order valence-electron chi connectivity index (χ0n) is 16.5. The van der Waals surface area contributed by atoms with E-state index in [-0.39, 0.29) is 0 Å². The maximum Gasteiger partial charge on any atom is 0.0533 e. The highest BCUT2D eigenvalue weighted by Crippen LogP contribution is 2.45. The van der Waals surface area contributed by atoms with Gasteiger partial charge in [0.2, 0.25) is 0 Å². The average molecular weight is 371 g/mol. The first-order valence-corrected chi connectivity index (χ1v) is 10.5. The van der Waals surface area contributed by atoms with Gasteiger partial charge in [-0.05, 0) is 81.6 Å². The van der Waals surface area contributed by atoms with E-state index in [2.05, 4.69) is 84.4 Å². The van der Waals surface area contributed by atoms with Crippen LogP contribution in [0, 0.1) is 0 Å². The number of benzene rings is 4. The van der Waals surface area contributed by atoms with Gasteiger partial charge in [-0.3, -0.25) is 0 Å². The quantitative estimate of drug-likeness (QED) is 0.270. The molecule has 0 saturated heterocycles. The Labute approximate surface area is 169 Å². The van der Waals surface area contributed by atoms with E-state index in [4.69, 9.17) is 0 Å². The lowest BCUT2D eigenvalue weighted by Crippen LogP contribution is -2.01. The van der Waals surface area contributed by atoms with Crippen molar-refractivity contribution >= 4 is 38.7 Å². The molecule has 5 aromatic rings. The molecule has 2 aliphatic carbocycles. The van der Waals surface area contributed by atoms with Crippen molar-refractivity contribution in [2.75, 3.05) is 0 Å². The largest absolute Gasteiger partial charge is 0.343 e. The van der Waals surface area contributed by atoms with Gasteiger partial charge in [0.1, 0.15) is 0 Å². The fraction of sp³-hybridized carbons (Fsp3) is 0.143. The summed E-state index contributed by atoms with van der Waals surface area (Å²) >= 11 is 0. The number of fused-ring (bicyclic) bond motifs is 11. The normalized spacial score (nSPS) is 14.5. The summed E-state index contributed by atoms with van der Waals surface area (Å²) in [4.78, 5) is 0. The molecule has 138 valence electrons. The van der Waals surface area contributed by atoms with Gasteiger partial charge in [-0.1, -0.05) is 54.6 Å². The minimum Gasteiger partial charge on any atom is -0.343 e. The van der Waals surface area contributed by atoms with Gasteiger partial charge in [-0.15, -0.1) is 0 Å². The Morgan fingerprint density at radius 1 is 0.793 bits per heavy atom. The highest BCUT2D eigenvalue weighted by atomic mass is 14.9. The Balaban J connectivity index is 1.74. The summed E-state index contributed by atoms with van der Waals surface area (Å²) in [5.74, 6) is 0. The van der Waals surface area contributed by atoms with Crippen LogP contribution in [0.15, 0.2) is 66.7 Å². The van der Waals surface area contributed by atoms with E-state index < -0.39 is 0 Å². The maximum atomic E-state index is 2.49. The predicted octanol–water partition coefficient (Wildman–Crippen LogP) is 7.02. The van der Waals surface area contributed by atoms with Gasteiger partial charge in [0.25, 0.3) is 0 Å². The molecule has 4 aromatic carbocycles. The molecule has 0 spiro atoms. The molecule has 0 aliphatic heterocycles. The van der Waals surface area contributed by atoms with Crippen molar-refractivity contribution in [1.82, 2.24) is 4.57 Å². The minimum atomic E-state index is 1.05. The monoisotopic (exact) mass is 371 g/mol. The number of aromatic nitrogens is 1. The summed E-state index contributed by atoms with van der Waals surface area (Å²) in [6.07, 6.45) is 8.02. The first-order chi connectivity index (χ1) is 14.3. The van der Waals surface area contributed by atoms with Crippen LogP contribution in [0.2, 0.25) is 0 Å². The fourth-order valence-electron chi connectivity index (χ4n) is 5.80. The van der Waals surface area contributed by atoms with Crippen LogP contribution in [0.25, 0.3) is 49.8 Å². The standard InChI is InChI=1S/C28H21N/c1-29-26-13-7-6-12-22(26)27-25-16-23-18(14-17-8-2-3-9-19(17)23)15-24(25)20-10-4-5-11-21(20)28(27)29/h2-4,6-10,12-13,15-16H,5,11,14H2,1H3. The number of hydrogen-bond donors (Lipinski definition) is 0. The predicted molar refractivity (Wildman–Crippen MR) is 124 cm³/mol. The van der Waals surface area contributed by atoms with Gasteiger partial charge in [-0.2, -0.15) is 0 Å². The molecule has 2 aliphatic rings. The number of allylic oxidation sites excluding steroid dienone is 1. The smallest absolute Gasteiger partial charge is 0.0533 e. The second-order valence-corrected chi connectivity index (χ2v) is 8.52. The van der Waals surface area contributed by atoms with Gasteiger partial charge >= 0.3 is 0 Å². The van der Waals surface area contributed by atoms with E-state index in [9.17, 15) is 0 Å². The number of nitrogens with zero attached hydrogens (tertiary/aromatic N) is 1. The van der Waals surface area contributed by atoms with E-state index >= 15 is 0 Å². The minimum absolute atomic E-state index is 1.05. The zero-order chi connectivity index (χ0) is 19.1. The topological polar surface area (TPSA) is 4.93 Å². The van der Waals surface area contributed by atoms with Crippen molar-refractivity contribution in [2.45, 2.75) is 19.3 Å². The molecule has 1 nitrogen and oxygen atoms in total. The van der Waals surface area contributed by atoms with Crippen LogP contribution in [0.3, 0.4) is 0 Å². The van der Waals surface area contributed by atoms with Crippen LogP contribution in [0.5, 0.6) is 0 Å². The Bertz CT molecular complexity index is 1530. The number of aryl methyl sites for hydroxylation is 2. The van der Waals surface area contributed by atoms with E-state index in [0.717, 1.165) is 19.3 Å². The summed E-state index contributed by atoms with van der Waals surface area (Å²) in [5.41, 5.74) is 11.5. The van der Waals surface area contributed by atoms with Crippen molar-refractivity contribution in [3.8, 4) is 11.1 Å². The Hall–Kier alpha value is -3.32. The second kappa shape index (κ2) is 5.39. The number of hydrogen-bond acceptors (Lipinski definition) is 0. The summed E-state index contributed by atoms with van der Waals surface area (Å²) in [7, 11) is 2.23. The van der Waals surface area contributed by atoms with Crippen molar-refractivity contribution in [2.24, 2.45) is 7.05 Å². The molecule has 0 atom stereocenters. The van der Waals surface area contributed by atoms with E-state index in [0.29, 0.717) is 0 Å². The molecular weight excluding hydrogens is 350 g/mol. The third-order valence-corrected chi connectivity index (χ3v) is 7.05. The van der Waals surface area contributed by atoms with E-state index in [1.165, 1.54) is 66.0 Å². The SMILES string of the molecule is Cn1c2ccccc2c2c3cc4c(cc3c3c(c21)CCC=C3)Cc1ccccc1-4. The van der Waals surface area contributed by atoms with Gasteiger partial charge in [0.15, 0.2) is 0 Å². The lowest BCUT2D eigenvalue weighted by Gasteiger charge is -2.18. The number of para-hydroxylation sites is 1. The third kappa shape index (κ3) is 1.90. The lowest BCUT2D eigenvalue weighted by molar-refractivity contribution is 0.957. The van der Waals surface area contributed by atoms with Crippen molar-refractivity contribution in [3.05, 3.63) is 89.0 Å². The van der Waals surface area contributed by atoms with Gasteiger partial charge < -0.3 is 4.57 Å². The summed E-state index contributed by atoms with van der Waals surface area (Å²) in [6, 6.07) is 22.7. The molecule has 0 fully saturated rings. The average Bonchev–Trinajstić information content (AvgIpc) is 3.28. The molecular formula is C28H21N. The van der Waals surface area contributed by atoms with Gasteiger partial charge in [0, 0.05) is 23.3 Å². The van der Waals surface area contributed by atoms with Crippen LogP contribution in [0.4, 0.5) is 0 Å². The zero-order valence-corrected chi connectivity index (χ0v) is 16.5. The van der Waals surface area contributed by atoms with Crippen LogP contribution < -0.4 is 0 Å². The molecule has 1 aromatic heterocycles. The molecule has 7 rings (SSSR count). The lowest BCUT2D eigenvalue weighted by atomic mass is 9.87. The number of rotatable bonds is 0. The highest BCUT2D eigenvalue weighted by molar-refractivity contribution is 6.24. The van der Waals surface area contributed by atoms with Gasteiger partial charge in [-0.25, -0.2) is 0 Å². The van der Waals surface area contributed by atoms with Crippen LogP contribution in [-0.4, -0.2) is 4.57 Å². The molecule has 0 radical (unpaired) electrons. The van der Waals surface area contributed by atoms with Gasteiger partial charge in [0.05, 0.1) is 5.52 Å². The fourth-order valence-corrected chi connectivity index (χ4v) is 5.80. The molecule has 0 bridgehead atoms. The van der Waals surface area contributed by atoms with Crippen LogP contribution >= 0.6 is 0 Å². The highest BCUT2D eigenvalue weighted by Gasteiger charge is 2.24. The van der Waals surface area contributed by atoms with Crippen molar-refractivity contribution < 1.29 is 0 Å². The molecule has 1 heteroatoms. The van der Waals surface area contributed by atoms with E-state index in [1.54, 1.807) is 0 Å². The third-order valence-electron chi connectivity index (χ3n) is 7.05. The first-order valence-electron chi connectivity index (χ1n) is 10.5. The van der Waals surface area contributed by atoms with E-state index in [1.807, 2.05) is 0 Å². The molecule has 0 unspecified atom stereocenters. The molecule has 1 heterocycles. The Kier molecular flexibility index (Phi) is 2.90. The second-order valence-electron chi connectivity index (χ2n) is 8.52. The summed E-state index contributed by atoms with van der Waals surface area (Å²) in [6.45, 7) is 0. The molecule has 0 amide bonds. The molecule has 0 N–H and O–H groups in total. The van der Waals surface area contributed by atoms with Crippen LogP contribution in [-0.2, 0) is 19.9 Å². The summed E-state index contributed by atoms with van der Waals surface area (Å²) in [5, 5.41) is 5.63. The maximum absolute atomic E-state index is 2.49. The molecule has 29 heavy (non-hydrogen) atoms. The van der Waals surface area contributed by atoms with Crippen LogP contribution in [0.1, 0.15) is 28.7 Å². The van der Waals surface area contributed by atoms with Crippen molar-refractivity contribution in [3.63, 3.8) is 0 Å². The Morgan fingerprint density at radius 3 is 2.62 bits per heavy atom. The Morgan fingerprint density at radius 2 is 1.66 bits per heavy atom. The van der Waals surface area contributed by atoms with Crippen molar-refractivity contribution in [1.29, 1.82) is 0 Å².